The lowest BCUT2D eigenvalue weighted by Crippen LogP contribution is -2.25. The zero-order chi connectivity index (χ0) is 44.3. The van der Waals surface area contributed by atoms with Crippen molar-refractivity contribution >= 4 is 0 Å². The van der Waals surface area contributed by atoms with E-state index in [9.17, 15) is 0 Å². The van der Waals surface area contributed by atoms with Crippen molar-refractivity contribution in [2.45, 2.75) is 17.8 Å². The fraction of sp³-hybridized carbons (Fsp3) is 0.0469. The molecule has 67 heavy (non-hydrogen) atoms. The van der Waals surface area contributed by atoms with Gasteiger partial charge in [0, 0.05) is 22.6 Å². The van der Waals surface area contributed by atoms with Crippen LogP contribution in [0.3, 0.4) is 0 Å². The van der Waals surface area contributed by atoms with Crippen molar-refractivity contribution in [2.75, 3.05) is 0 Å². The minimum absolute atomic E-state index is 0.232. The molecule has 314 valence electrons. The van der Waals surface area contributed by atoms with Gasteiger partial charge in [-0.1, -0.05) is 206 Å². The van der Waals surface area contributed by atoms with Gasteiger partial charge in [0.1, 0.15) is 0 Å². The lowest BCUT2D eigenvalue weighted by Gasteiger charge is -2.30. The number of aromatic nitrogens is 3. The van der Waals surface area contributed by atoms with Crippen LogP contribution >= 0.6 is 0 Å². The lowest BCUT2D eigenvalue weighted by atomic mass is 9.70. The fourth-order valence-corrected chi connectivity index (χ4v) is 11.0. The van der Waals surface area contributed by atoms with Crippen molar-refractivity contribution < 1.29 is 0 Å². The topological polar surface area (TPSA) is 38.7 Å². The molecule has 10 aromatic rings. The number of benzene rings is 9. The molecule has 0 aliphatic heterocycles. The van der Waals surface area contributed by atoms with Crippen molar-refractivity contribution in [1.82, 2.24) is 15.0 Å². The van der Waals surface area contributed by atoms with Crippen LogP contribution in [0.25, 0.3) is 89.8 Å². The first kappa shape index (κ1) is 38.9. The van der Waals surface area contributed by atoms with Gasteiger partial charge in [0.15, 0.2) is 17.5 Å². The first-order valence-corrected chi connectivity index (χ1v) is 23.2. The van der Waals surface area contributed by atoms with Gasteiger partial charge < -0.3 is 0 Å². The second-order valence-corrected chi connectivity index (χ2v) is 17.8. The second-order valence-electron chi connectivity index (χ2n) is 17.8. The molecule has 1 spiro atoms. The Morgan fingerprint density at radius 3 is 1.21 bits per heavy atom. The average Bonchev–Trinajstić information content (AvgIpc) is 3.88. The highest BCUT2D eigenvalue weighted by Crippen LogP contribution is 2.63. The van der Waals surface area contributed by atoms with Crippen molar-refractivity contribution in [1.29, 1.82) is 0 Å². The Hall–Kier alpha value is -8.53. The molecule has 0 saturated carbocycles. The molecule has 0 radical (unpaired) electrons. The molecular formula is C64H43N3. The minimum Gasteiger partial charge on any atom is -0.208 e. The van der Waals surface area contributed by atoms with E-state index in [0.717, 1.165) is 56.5 Å². The van der Waals surface area contributed by atoms with E-state index in [1.54, 1.807) is 0 Å². The minimum atomic E-state index is -0.497. The summed E-state index contributed by atoms with van der Waals surface area (Å²) in [5, 5.41) is 0. The van der Waals surface area contributed by atoms with E-state index >= 15 is 0 Å². The summed E-state index contributed by atoms with van der Waals surface area (Å²) in [6.45, 7) is 0. The van der Waals surface area contributed by atoms with Crippen LogP contribution in [-0.2, 0) is 5.41 Å². The molecular weight excluding hydrogens is 811 g/mol. The predicted octanol–water partition coefficient (Wildman–Crippen LogP) is 15.8. The van der Waals surface area contributed by atoms with E-state index in [4.69, 9.17) is 15.0 Å². The van der Waals surface area contributed by atoms with E-state index in [1.807, 2.05) is 0 Å². The summed E-state index contributed by atoms with van der Waals surface area (Å²) in [5.74, 6) is 2.12. The van der Waals surface area contributed by atoms with Gasteiger partial charge in [-0.2, -0.15) is 0 Å². The van der Waals surface area contributed by atoms with Gasteiger partial charge in [-0.25, -0.2) is 15.0 Å². The van der Waals surface area contributed by atoms with Crippen molar-refractivity contribution in [3.8, 4) is 89.8 Å². The number of hydrogen-bond donors (Lipinski definition) is 0. The summed E-state index contributed by atoms with van der Waals surface area (Å²) >= 11 is 0. The van der Waals surface area contributed by atoms with Gasteiger partial charge in [0.2, 0.25) is 0 Å². The molecule has 1 aromatic heterocycles. The van der Waals surface area contributed by atoms with Gasteiger partial charge in [-0.05, 0) is 126 Å². The zero-order valence-electron chi connectivity index (χ0n) is 36.7. The fourth-order valence-electron chi connectivity index (χ4n) is 11.0. The van der Waals surface area contributed by atoms with Crippen LogP contribution in [0.15, 0.2) is 243 Å². The maximum absolute atomic E-state index is 5.51. The smallest absolute Gasteiger partial charge is 0.164 e. The summed E-state index contributed by atoms with van der Waals surface area (Å²) in [6, 6.07) is 79.2. The second kappa shape index (κ2) is 15.9. The first-order valence-electron chi connectivity index (χ1n) is 23.2. The number of hydrogen-bond acceptors (Lipinski definition) is 3. The number of rotatable bonds is 7. The normalized spacial score (nSPS) is 14.7. The summed E-state index contributed by atoms with van der Waals surface area (Å²) in [6.07, 6.45) is 9.78. The summed E-state index contributed by atoms with van der Waals surface area (Å²) in [4.78, 5) is 16.5. The Balaban J connectivity index is 1.07. The monoisotopic (exact) mass is 853 g/mol. The Bertz CT molecular complexity index is 3490. The molecule has 1 atom stereocenters. The molecule has 0 N–H and O–H groups in total. The zero-order valence-corrected chi connectivity index (χ0v) is 36.7. The summed E-state index contributed by atoms with van der Waals surface area (Å²) in [7, 11) is 0. The molecule has 3 aliphatic rings. The third-order valence-corrected chi connectivity index (χ3v) is 14.0. The first-order chi connectivity index (χ1) is 33.2. The molecule has 0 bridgehead atoms. The van der Waals surface area contributed by atoms with Crippen molar-refractivity contribution in [3.63, 3.8) is 0 Å². The van der Waals surface area contributed by atoms with E-state index < -0.39 is 5.41 Å². The Morgan fingerprint density at radius 1 is 0.313 bits per heavy atom. The highest BCUT2D eigenvalue weighted by molar-refractivity contribution is 5.96. The van der Waals surface area contributed by atoms with Crippen LogP contribution < -0.4 is 0 Å². The predicted molar refractivity (Wildman–Crippen MR) is 274 cm³/mol. The largest absolute Gasteiger partial charge is 0.208 e. The van der Waals surface area contributed by atoms with E-state index in [1.165, 1.54) is 50.1 Å². The van der Waals surface area contributed by atoms with Crippen LogP contribution in [0.5, 0.6) is 0 Å². The molecule has 13 rings (SSSR count). The quantitative estimate of drug-likeness (QED) is 0.160. The molecule has 9 aromatic carbocycles. The lowest BCUT2D eigenvalue weighted by molar-refractivity contribution is 0.794. The summed E-state index contributed by atoms with van der Waals surface area (Å²) in [5.41, 5.74) is 20.5. The van der Waals surface area contributed by atoms with Crippen LogP contribution in [0.4, 0.5) is 0 Å². The SMILES string of the molecule is C1=CCC(c2cc(-c3ccccc3)cc(-c3nc(-c4cc(-c5ccccc5)cc(-c5ccccc5)c4)nc(-c4ccc5c(c4)C4(c6ccccc6-c6ccccc64)c4ccccc4-5)n3)c2)C=C1. The Kier molecular flexibility index (Phi) is 9.21. The average molecular weight is 854 g/mol. The van der Waals surface area contributed by atoms with Gasteiger partial charge in [-0.3, -0.25) is 0 Å². The number of fused-ring (bicyclic) bond motifs is 10. The third kappa shape index (κ3) is 6.46. The van der Waals surface area contributed by atoms with Crippen LogP contribution in [-0.4, -0.2) is 15.0 Å². The van der Waals surface area contributed by atoms with Crippen molar-refractivity contribution in [3.05, 3.63) is 271 Å². The Morgan fingerprint density at radius 2 is 0.716 bits per heavy atom. The van der Waals surface area contributed by atoms with Gasteiger partial charge in [-0.15, -0.1) is 0 Å². The molecule has 1 unspecified atom stereocenters. The van der Waals surface area contributed by atoms with E-state index in [2.05, 4.69) is 243 Å². The highest BCUT2D eigenvalue weighted by Gasteiger charge is 2.51. The van der Waals surface area contributed by atoms with Gasteiger partial charge in [0.25, 0.3) is 0 Å². The maximum Gasteiger partial charge on any atom is 0.164 e. The molecule has 3 nitrogen and oxygen atoms in total. The Labute approximate surface area is 391 Å². The van der Waals surface area contributed by atoms with E-state index in [0.29, 0.717) is 17.5 Å². The highest BCUT2D eigenvalue weighted by atomic mass is 15.0. The van der Waals surface area contributed by atoms with E-state index in [-0.39, 0.29) is 5.92 Å². The molecule has 3 aliphatic carbocycles. The number of allylic oxidation sites excluding steroid dienone is 4. The maximum atomic E-state index is 5.51. The third-order valence-electron chi connectivity index (χ3n) is 14.0. The van der Waals surface area contributed by atoms with Crippen LogP contribution in [0.2, 0.25) is 0 Å². The van der Waals surface area contributed by atoms with Gasteiger partial charge in [0.05, 0.1) is 5.41 Å². The van der Waals surface area contributed by atoms with Crippen LogP contribution in [0, 0.1) is 0 Å². The molecule has 0 amide bonds. The van der Waals surface area contributed by atoms with Crippen LogP contribution in [0.1, 0.15) is 40.2 Å². The molecule has 0 saturated heterocycles. The summed E-state index contributed by atoms with van der Waals surface area (Å²) < 4.78 is 0. The molecule has 3 heteroatoms. The molecule has 1 heterocycles. The standard InChI is InChI=1S/C64H43N3/c1-5-19-42(20-6-1)47-35-48(43-21-7-2-8-22-43)38-51(37-47)62-65-61(66-63(67-62)52-39-49(44-23-9-3-10-24-44)36-50(40-52)45-25-11-4-12-26-45)46-33-34-56-55-29-15-18-32-59(55)64(60(56)41-46)57-30-16-13-27-53(57)54-28-14-17-31-58(54)64/h1-25,27-41,45H,26H2. The number of nitrogens with zero attached hydrogens (tertiary/aromatic N) is 3. The van der Waals surface area contributed by atoms with Gasteiger partial charge >= 0.3 is 0 Å². The molecule has 0 fully saturated rings. The van der Waals surface area contributed by atoms with Crippen molar-refractivity contribution in [2.24, 2.45) is 0 Å².